The summed E-state index contributed by atoms with van der Waals surface area (Å²) in [7, 11) is 0. The third kappa shape index (κ3) is 1.46. The van der Waals surface area contributed by atoms with E-state index in [1.165, 1.54) is 22.0 Å². The summed E-state index contributed by atoms with van der Waals surface area (Å²) in [6.45, 7) is 7.16. The molecule has 3 nitrogen and oxygen atoms in total. The lowest BCUT2D eigenvalue weighted by Gasteiger charge is -2.26. The van der Waals surface area contributed by atoms with Gasteiger partial charge in [0.05, 0.1) is 6.54 Å². The van der Waals surface area contributed by atoms with Crippen molar-refractivity contribution in [2.24, 2.45) is 4.99 Å². The number of aliphatic imine (C=N–C) groups is 1. The molecule has 2 aromatic rings. The molecule has 1 aromatic heterocycles. The van der Waals surface area contributed by atoms with Crippen LogP contribution in [0.3, 0.4) is 0 Å². The van der Waals surface area contributed by atoms with Gasteiger partial charge in [0.2, 0.25) is 0 Å². The van der Waals surface area contributed by atoms with Gasteiger partial charge in [-0.25, -0.2) is 0 Å². The van der Waals surface area contributed by atoms with Crippen molar-refractivity contribution in [3.05, 3.63) is 35.5 Å². The predicted molar refractivity (Wildman–Crippen MR) is 71.5 cm³/mol. The largest absolute Gasteiger partial charge is 0.361 e. The van der Waals surface area contributed by atoms with Crippen LogP contribution in [-0.4, -0.2) is 28.8 Å². The Morgan fingerprint density at radius 1 is 1.29 bits per heavy atom. The lowest BCUT2D eigenvalue weighted by molar-refractivity contribution is 0.464. The number of hydrogen-bond donors (Lipinski definition) is 1. The second kappa shape index (κ2) is 3.91. The highest BCUT2D eigenvalue weighted by molar-refractivity contribution is 6.11. The lowest BCUT2D eigenvalue weighted by Crippen LogP contribution is -2.32. The minimum atomic E-state index is 0.794. The number of aromatic nitrogens is 1. The monoisotopic (exact) mass is 227 g/mol. The molecule has 17 heavy (non-hydrogen) atoms. The van der Waals surface area contributed by atoms with E-state index in [0.29, 0.717) is 0 Å². The molecule has 3 rings (SSSR count). The zero-order chi connectivity index (χ0) is 11.8. The second-order valence-corrected chi connectivity index (χ2v) is 4.35. The van der Waals surface area contributed by atoms with Crippen molar-refractivity contribution in [1.29, 1.82) is 0 Å². The van der Waals surface area contributed by atoms with Gasteiger partial charge in [-0.05, 0) is 25.5 Å². The van der Waals surface area contributed by atoms with Crippen molar-refractivity contribution in [2.75, 3.05) is 13.1 Å². The van der Waals surface area contributed by atoms with E-state index in [1.807, 2.05) is 0 Å². The minimum Gasteiger partial charge on any atom is -0.361 e. The first kappa shape index (κ1) is 10.4. The Balaban J connectivity index is 2.19. The Morgan fingerprint density at radius 2 is 2.12 bits per heavy atom. The van der Waals surface area contributed by atoms with Crippen LogP contribution in [0.4, 0.5) is 0 Å². The number of amidine groups is 1. The van der Waals surface area contributed by atoms with Crippen LogP contribution in [0.1, 0.15) is 25.0 Å². The van der Waals surface area contributed by atoms with Gasteiger partial charge >= 0.3 is 0 Å². The molecule has 1 aliphatic rings. The fraction of sp³-hybridized carbons (Fsp3) is 0.357. The number of rotatable bonds is 2. The van der Waals surface area contributed by atoms with Crippen molar-refractivity contribution < 1.29 is 0 Å². The van der Waals surface area contributed by atoms with Crippen molar-refractivity contribution in [2.45, 2.75) is 20.4 Å². The maximum atomic E-state index is 4.73. The Bertz CT molecular complexity index is 576. The van der Waals surface area contributed by atoms with Gasteiger partial charge in [-0.2, -0.15) is 0 Å². The SMILES string of the molecule is CCN(CC)C1=NCc2c[nH]c3cccc1c23. The Kier molecular flexibility index (Phi) is 2.39. The van der Waals surface area contributed by atoms with E-state index in [2.05, 4.69) is 48.1 Å². The van der Waals surface area contributed by atoms with Crippen molar-refractivity contribution in [3.8, 4) is 0 Å². The summed E-state index contributed by atoms with van der Waals surface area (Å²) in [5, 5.41) is 1.35. The number of H-pyrrole nitrogens is 1. The van der Waals surface area contributed by atoms with Crippen LogP contribution in [0.15, 0.2) is 29.4 Å². The third-order valence-electron chi connectivity index (χ3n) is 3.49. The smallest absolute Gasteiger partial charge is 0.131 e. The zero-order valence-corrected chi connectivity index (χ0v) is 10.3. The summed E-state index contributed by atoms with van der Waals surface area (Å²) >= 11 is 0. The molecule has 0 radical (unpaired) electrons. The van der Waals surface area contributed by atoms with E-state index in [1.54, 1.807) is 0 Å². The van der Waals surface area contributed by atoms with Gasteiger partial charge in [-0.3, -0.25) is 4.99 Å². The molecular formula is C14H17N3. The van der Waals surface area contributed by atoms with E-state index in [-0.39, 0.29) is 0 Å². The van der Waals surface area contributed by atoms with Crippen LogP contribution in [0.25, 0.3) is 10.9 Å². The molecule has 0 fully saturated rings. The molecule has 0 atom stereocenters. The molecule has 0 amide bonds. The molecule has 0 unspecified atom stereocenters. The van der Waals surface area contributed by atoms with E-state index in [9.17, 15) is 0 Å². The van der Waals surface area contributed by atoms with Crippen LogP contribution in [0.2, 0.25) is 0 Å². The van der Waals surface area contributed by atoms with Gasteiger partial charge in [-0.1, -0.05) is 12.1 Å². The lowest BCUT2D eigenvalue weighted by atomic mass is 10.0. The van der Waals surface area contributed by atoms with Crippen LogP contribution < -0.4 is 0 Å². The van der Waals surface area contributed by atoms with Gasteiger partial charge in [0.15, 0.2) is 0 Å². The summed E-state index contributed by atoms with van der Waals surface area (Å²) in [5.41, 5.74) is 3.80. The molecule has 0 spiro atoms. The minimum absolute atomic E-state index is 0.794. The number of benzene rings is 1. The predicted octanol–water partition coefficient (Wildman–Crippen LogP) is 2.77. The van der Waals surface area contributed by atoms with Gasteiger partial charge in [-0.15, -0.1) is 0 Å². The van der Waals surface area contributed by atoms with E-state index in [0.717, 1.165) is 25.5 Å². The highest BCUT2D eigenvalue weighted by Crippen LogP contribution is 2.28. The van der Waals surface area contributed by atoms with Crippen molar-refractivity contribution >= 4 is 16.7 Å². The summed E-state index contributed by atoms with van der Waals surface area (Å²) < 4.78 is 0. The summed E-state index contributed by atoms with van der Waals surface area (Å²) in [4.78, 5) is 10.4. The summed E-state index contributed by atoms with van der Waals surface area (Å²) in [5.74, 6) is 1.15. The normalized spacial score (nSPS) is 13.9. The van der Waals surface area contributed by atoms with Crippen molar-refractivity contribution in [3.63, 3.8) is 0 Å². The summed E-state index contributed by atoms with van der Waals surface area (Å²) in [6.07, 6.45) is 2.08. The van der Waals surface area contributed by atoms with Crippen LogP contribution >= 0.6 is 0 Å². The van der Waals surface area contributed by atoms with Crippen LogP contribution in [0, 0.1) is 0 Å². The molecule has 1 aromatic carbocycles. The van der Waals surface area contributed by atoms with E-state index >= 15 is 0 Å². The first-order valence-electron chi connectivity index (χ1n) is 6.24. The second-order valence-electron chi connectivity index (χ2n) is 4.35. The average molecular weight is 227 g/mol. The fourth-order valence-electron chi connectivity index (χ4n) is 2.61. The standard InChI is InChI=1S/C14H17N3/c1-3-17(4-2)14-11-6-5-7-12-13(11)10(8-15-12)9-16-14/h5-8,15H,3-4,9H2,1-2H3. The zero-order valence-electron chi connectivity index (χ0n) is 10.3. The number of nitrogens with one attached hydrogen (secondary N) is 1. The van der Waals surface area contributed by atoms with Crippen LogP contribution in [0.5, 0.6) is 0 Å². The topological polar surface area (TPSA) is 31.4 Å². The number of aromatic amines is 1. The highest BCUT2D eigenvalue weighted by atomic mass is 15.2. The Hall–Kier alpha value is -1.77. The summed E-state index contributed by atoms with van der Waals surface area (Å²) in [6, 6.07) is 6.41. The molecule has 1 aliphatic heterocycles. The molecule has 0 saturated heterocycles. The van der Waals surface area contributed by atoms with Gasteiger partial charge in [0, 0.05) is 35.8 Å². The fourth-order valence-corrected chi connectivity index (χ4v) is 2.61. The van der Waals surface area contributed by atoms with E-state index in [4.69, 9.17) is 4.99 Å². The van der Waals surface area contributed by atoms with Gasteiger partial charge in [0.25, 0.3) is 0 Å². The average Bonchev–Trinajstić information content (AvgIpc) is 2.79. The molecular weight excluding hydrogens is 210 g/mol. The highest BCUT2D eigenvalue weighted by Gasteiger charge is 2.20. The first-order chi connectivity index (χ1) is 8.35. The third-order valence-corrected chi connectivity index (χ3v) is 3.49. The Labute approximate surface area is 101 Å². The number of nitrogens with zero attached hydrogens (tertiary/aromatic N) is 2. The van der Waals surface area contributed by atoms with Gasteiger partial charge < -0.3 is 9.88 Å². The first-order valence-corrected chi connectivity index (χ1v) is 6.24. The Morgan fingerprint density at radius 3 is 2.88 bits per heavy atom. The molecule has 0 aliphatic carbocycles. The van der Waals surface area contributed by atoms with Gasteiger partial charge in [0.1, 0.15) is 5.84 Å². The quantitative estimate of drug-likeness (QED) is 0.840. The molecule has 3 heteroatoms. The molecule has 0 bridgehead atoms. The molecule has 88 valence electrons. The van der Waals surface area contributed by atoms with Crippen LogP contribution in [-0.2, 0) is 6.54 Å². The maximum absolute atomic E-state index is 4.73. The van der Waals surface area contributed by atoms with E-state index < -0.39 is 0 Å². The number of hydrogen-bond acceptors (Lipinski definition) is 2. The van der Waals surface area contributed by atoms with Crippen molar-refractivity contribution in [1.82, 2.24) is 9.88 Å². The molecule has 1 N–H and O–H groups in total. The molecule has 2 heterocycles. The maximum Gasteiger partial charge on any atom is 0.131 e. The molecule has 0 saturated carbocycles.